The largest absolute Gasteiger partial charge is 1.00 e. The van der Waals surface area contributed by atoms with Crippen LogP contribution in [0.5, 0.6) is 0 Å². The van der Waals surface area contributed by atoms with Gasteiger partial charge in [-0.2, -0.15) is 67.6 Å². The van der Waals surface area contributed by atoms with E-state index in [-0.39, 0.29) is 55.7 Å². The first kappa shape index (κ1) is 90.2. The summed E-state index contributed by atoms with van der Waals surface area (Å²) < 4.78 is 132. The number of benzene rings is 3. The molecule has 98 heavy (non-hydrogen) atoms. The van der Waals surface area contributed by atoms with Crippen molar-refractivity contribution < 1.29 is 104 Å². The zero-order chi connectivity index (χ0) is 73.4. The van der Waals surface area contributed by atoms with E-state index in [1.54, 1.807) is 45.9 Å². The minimum absolute atomic E-state index is 0. The van der Waals surface area contributed by atoms with Crippen molar-refractivity contribution in [2.45, 2.75) is 159 Å². The Kier molecular flexibility index (Phi) is 35.2. The number of nitrogens with one attached hydrogen (secondary N) is 2. The van der Waals surface area contributed by atoms with Crippen LogP contribution < -0.4 is 60.6 Å². The molecule has 33 heteroatoms. The summed E-state index contributed by atoms with van der Waals surface area (Å²) >= 11 is 6.88. The maximum absolute atomic E-state index is 13.0. The molecule has 19 nitrogen and oxygen atoms in total. The summed E-state index contributed by atoms with van der Waals surface area (Å²) in [5, 5.41) is 15.6. The summed E-state index contributed by atoms with van der Waals surface area (Å²) in [6, 6.07) is 16.7. The first-order valence-electron chi connectivity index (χ1n) is 30.8. The van der Waals surface area contributed by atoms with Gasteiger partial charge in [0.25, 0.3) is 0 Å². The quantitative estimate of drug-likeness (QED) is 0.0180. The average Bonchev–Trinajstić information content (AvgIpc) is 0.929. The topological polar surface area (TPSA) is 257 Å². The van der Waals surface area contributed by atoms with Crippen molar-refractivity contribution in [3.8, 4) is 0 Å². The zero-order valence-corrected chi connectivity index (χ0v) is 64.7. The Bertz CT molecular complexity index is 3440. The number of halogens is 10. The fourth-order valence-corrected chi connectivity index (χ4v) is 11.3. The number of esters is 2. The van der Waals surface area contributed by atoms with Crippen LogP contribution in [0.2, 0.25) is 4.47 Å². The van der Waals surface area contributed by atoms with Crippen molar-refractivity contribution in [3.63, 3.8) is 0 Å². The number of hydrogen-bond acceptors (Lipinski definition) is 21. The molecule has 0 atom stereocenters. The van der Waals surface area contributed by atoms with E-state index in [1.807, 2.05) is 50.2 Å². The van der Waals surface area contributed by atoms with Gasteiger partial charge in [-0.1, -0.05) is 101 Å². The fraction of sp³-hybridized carbons (Fsp3) is 0.585. The Morgan fingerprint density at radius 1 is 0.490 bits per heavy atom. The van der Waals surface area contributed by atoms with Crippen molar-refractivity contribution in [2.24, 2.45) is 35.5 Å². The second-order valence-electron chi connectivity index (χ2n) is 26.9. The molecule has 0 aliphatic heterocycles. The third-order valence-corrected chi connectivity index (χ3v) is 16.2. The molecule has 3 aromatic carbocycles. The van der Waals surface area contributed by atoms with Gasteiger partial charge < -0.3 is 51.1 Å². The van der Waals surface area contributed by atoms with Gasteiger partial charge in [0.15, 0.2) is 0 Å². The molecule has 544 valence electrons. The minimum atomic E-state index is -4.63. The molecule has 0 saturated carbocycles. The number of alkyl halides is 9. The normalized spacial score (nSPS) is 12.0. The maximum Gasteiger partial charge on any atom is 1.00 e. The summed E-state index contributed by atoms with van der Waals surface area (Å²) in [5.74, 6) is -2.69. The predicted molar refractivity (Wildman–Crippen MR) is 368 cm³/mol. The number of nitrogens with two attached hydrogens (primary N) is 1. The van der Waals surface area contributed by atoms with Crippen LogP contribution in [0.15, 0.2) is 54.6 Å². The van der Waals surface area contributed by atoms with Gasteiger partial charge in [0.2, 0.25) is 32.2 Å². The van der Waals surface area contributed by atoms with Crippen LogP contribution in [0.1, 0.15) is 159 Å². The van der Waals surface area contributed by atoms with E-state index in [2.05, 4.69) is 136 Å². The van der Waals surface area contributed by atoms with Crippen LogP contribution in [0, 0.1) is 35.5 Å². The molecule has 0 fully saturated rings. The van der Waals surface area contributed by atoms with Gasteiger partial charge >= 0.3 is 66.0 Å². The smallest absolute Gasteiger partial charge is 0.870 e. The summed E-state index contributed by atoms with van der Waals surface area (Å²) in [7, 11) is 2.74. The molecular weight excluding hydrogens is 1390 g/mol. The first-order valence-corrected chi connectivity index (χ1v) is 33.5. The monoisotopic (exact) mass is 1480 g/mol. The molecule has 0 aliphatic rings. The standard InChI is InChI=1S/C22H31F3N4O2S.C21H29F3N4O2S.C19H32N2O2.C3ClF3N2S.Na.H2O/c1-13(2)11-29(12-14(3)4)17-9-8-15(21(5,6)19(30)31-7)10-16(17)26-20-27-18(28-32-20)22(23,24)25;1-12(2)10-28(11-13(3)4)16-8-7-14(20(5,6)18(29)30)9-15(16)25-19-26-17(27-31-19)21(22,23)24;1-13(2)11-21(12-14(3)4)17-9-8-15(10-16(17)20)19(5,6)18(22)23-7;4-2-8-1(9-10-2)3(5,6)7;;/h8-10,13-14H,11-12H2,1-7H3,(H,26,27,28);7-9,12-13H,10-11H2,1-6H3,(H,29,30)(H,25,26,27);8-10,13-14H,11-12,20H2,1-7H3;;;1H2/q;;;;+1;/p-1. The summed E-state index contributed by atoms with van der Waals surface area (Å²) in [4.78, 5) is 52.8. The number of ether oxygens (including phenoxy) is 2. The second-order valence-corrected chi connectivity index (χ2v) is 29.8. The van der Waals surface area contributed by atoms with E-state index in [0.29, 0.717) is 98.3 Å². The fourth-order valence-electron chi connectivity index (χ4n) is 9.49. The van der Waals surface area contributed by atoms with Crippen molar-refractivity contribution in [2.75, 3.05) is 84.6 Å². The summed E-state index contributed by atoms with van der Waals surface area (Å²) in [6.45, 7) is 40.9. The third-order valence-electron chi connectivity index (χ3n) is 14.1. The Hall–Kier alpha value is -5.83. The van der Waals surface area contributed by atoms with E-state index in [1.165, 1.54) is 14.2 Å². The Labute approximate surface area is 608 Å². The molecule has 0 aliphatic carbocycles. The number of nitrogen functional groups attached to an aromatic ring is 1. The van der Waals surface area contributed by atoms with Crippen molar-refractivity contribution in [1.29, 1.82) is 0 Å². The average molecular weight is 1480 g/mol. The van der Waals surface area contributed by atoms with Gasteiger partial charge in [-0.05, 0) is 153 Å². The number of rotatable bonds is 25. The molecule has 0 amide bonds. The Morgan fingerprint density at radius 2 is 0.765 bits per heavy atom. The molecule has 6 N–H and O–H groups in total. The van der Waals surface area contributed by atoms with Gasteiger partial charge in [0, 0.05) is 62.3 Å². The van der Waals surface area contributed by atoms with Gasteiger partial charge in [-0.15, -0.1) is 0 Å². The number of carboxylic acids is 1. The number of aliphatic carboxylic acids is 1. The van der Waals surface area contributed by atoms with E-state index in [0.717, 1.165) is 61.9 Å². The van der Waals surface area contributed by atoms with E-state index >= 15 is 0 Å². The molecule has 0 unspecified atom stereocenters. The molecule has 0 bridgehead atoms. The number of hydrogen-bond donors (Lipinski definition) is 4. The van der Waals surface area contributed by atoms with Crippen LogP contribution in [-0.4, -0.2) is 110 Å². The van der Waals surface area contributed by atoms with Crippen LogP contribution in [0.3, 0.4) is 0 Å². The van der Waals surface area contributed by atoms with Crippen LogP contribution >= 0.6 is 46.2 Å². The van der Waals surface area contributed by atoms with E-state index in [9.17, 15) is 59.0 Å². The number of aromatic nitrogens is 6. The predicted octanol–water partition coefficient (Wildman–Crippen LogP) is 14.5. The molecule has 0 saturated heterocycles. The van der Waals surface area contributed by atoms with Crippen molar-refractivity contribution >= 4 is 108 Å². The van der Waals surface area contributed by atoms with Crippen molar-refractivity contribution in [1.82, 2.24) is 28.1 Å². The number of nitrogens with zero attached hydrogens (tertiary/aromatic N) is 9. The molecule has 6 aromatic rings. The van der Waals surface area contributed by atoms with Crippen LogP contribution in [-0.2, 0) is 58.6 Å². The number of carboxylic acid groups (broad SMARTS) is 1. The van der Waals surface area contributed by atoms with E-state index < -0.39 is 64.2 Å². The SMILES string of the molecule is CC(C)CN(CC(C)C)c1ccc(C(C)(C)C(=O)O)cc1Nc1nc(C(F)(F)F)ns1.COC(=O)C(C)(C)c1ccc(N(CC(C)C)CC(C)C)c(N)c1.COC(=O)C(C)(C)c1ccc(N(CC(C)C)CC(C)C)c(Nc2nc(C(F)(F)F)ns2)c1.FC(F)(F)c1nsc(Cl)n1.[Na+].[OH-]. The molecule has 3 aromatic heterocycles. The number of carbonyl (C=O) groups excluding carboxylic acids is 2. The number of methoxy groups -OCH3 is 2. The van der Waals surface area contributed by atoms with Crippen LogP contribution in [0.25, 0.3) is 0 Å². The zero-order valence-electron chi connectivity index (χ0n) is 59.4. The minimum Gasteiger partial charge on any atom is -0.870 e. The van der Waals surface area contributed by atoms with E-state index in [4.69, 9.17) is 26.8 Å². The molecule has 0 spiro atoms. The Balaban J connectivity index is 0.000000685. The first-order chi connectivity index (χ1) is 44.1. The molecular formula is C65H93ClF9N12NaO7S3. The van der Waals surface area contributed by atoms with Gasteiger partial charge in [-0.25, -0.2) is 0 Å². The van der Waals surface area contributed by atoms with Gasteiger partial charge in [-0.3, -0.25) is 14.4 Å². The van der Waals surface area contributed by atoms with Gasteiger partial charge in [0.05, 0.1) is 64.6 Å². The Morgan fingerprint density at radius 3 is 1.01 bits per heavy atom. The van der Waals surface area contributed by atoms with Crippen molar-refractivity contribution in [3.05, 3.63) is 93.2 Å². The molecule has 0 radical (unpaired) electrons. The molecule has 6 rings (SSSR count). The molecule has 3 heterocycles. The van der Waals surface area contributed by atoms with Crippen LogP contribution in [0.4, 0.5) is 83.9 Å². The summed E-state index contributed by atoms with van der Waals surface area (Å²) in [6.07, 6.45) is -13.7. The summed E-state index contributed by atoms with van der Waals surface area (Å²) in [5.41, 5.74) is 9.97. The van der Waals surface area contributed by atoms with Gasteiger partial charge in [0.1, 0.15) is 0 Å². The maximum atomic E-state index is 13.0. The number of anilines is 8. The number of carbonyl (C=O) groups is 3. The third kappa shape index (κ3) is 27.3. The second kappa shape index (κ2) is 38.3.